The minimum Gasteiger partial charge on any atom is -0.383 e. The number of sulfonamides is 1. The second-order valence-electron chi connectivity index (χ2n) is 6.65. The lowest BCUT2D eigenvalue weighted by atomic mass is 10.2. The van der Waals surface area contributed by atoms with Crippen LogP contribution in [0.25, 0.3) is 10.8 Å². The van der Waals surface area contributed by atoms with Gasteiger partial charge in [0.1, 0.15) is 6.17 Å². The Morgan fingerprint density at radius 3 is 2.96 bits per heavy atom. The highest BCUT2D eigenvalue weighted by Crippen LogP contribution is 2.34. The number of benzene rings is 1. The Morgan fingerprint density at radius 2 is 2.18 bits per heavy atom. The van der Waals surface area contributed by atoms with Crippen molar-refractivity contribution in [1.82, 2.24) is 14.9 Å². The molecule has 0 saturated carbocycles. The van der Waals surface area contributed by atoms with Gasteiger partial charge in [0.25, 0.3) is 10.0 Å². The van der Waals surface area contributed by atoms with Crippen LogP contribution >= 0.6 is 11.3 Å². The smallest absolute Gasteiger partial charge is 0.267 e. The Labute approximate surface area is 168 Å². The summed E-state index contributed by atoms with van der Waals surface area (Å²) in [6.45, 7) is 2.09. The first kappa shape index (κ1) is 19.3. The van der Waals surface area contributed by atoms with E-state index in [2.05, 4.69) is 14.9 Å². The summed E-state index contributed by atoms with van der Waals surface area (Å²) in [6, 6.07) is 6.98. The molecule has 0 spiro atoms. The summed E-state index contributed by atoms with van der Waals surface area (Å²) >= 11 is 1.34. The van der Waals surface area contributed by atoms with E-state index < -0.39 is 10.0 Å². The molecule has 0 radical (unpaired) electrons. The van der Waals surface area contributed by atoms with E-state index in [0.29, 0.717) is 18.3 Å². The van der Waals surface area contributed by atoms with Gasteiger partial charge in [-0.15, -0.1) is 11.3 Å². The van der Waals surface area contributed by atoms with Gasteiger partial charge < -0.3 is 4.74 Å². The van der Waals surface area contributed by atoms with Crippen LogP contribution in [0.4, 0.5) is 5.13 Å². The topological polar surface area (TPSA) is 75.6 Å². The van der Waals surface area contributed by atoms with E-state index in [1.165, 1.54) is 15.6 Å². The number of methoxy groups -OCH3 is 1. The molecule has 1 aliphatic rings. The molecule has 2 aromatic heterocycles. The van der Waals surface area contributed by atoms with Crippen molar-refractivity contribution in [2.24, 2.45) is 0 Å². The van der Waals surface area contributed by atoms with E-state index in [-0.39, 0.29) is 11.1 Å². The van der Waals surface area contributed by atoms with Crippen LogP contribution in [0.2, 0.25) is 0 Å². The van der Waals surface area contributed by atoms with E-state index in [0.717, 1.165) is 30.2 Å². The third-order valence-electron chi connectivity index (χ3n) is 4.96. The fraction of sp³-hybridized carbons (Fsp3) is 0.368. The Balaban J connectivity index is 1.76. The van der Waals surface area contributed by atoms with Crippen LogP contribution in [-0.2, 0) is 14.8 Å². The van der Waals surface area contributed by atoms with Crippen molar-refractivity contribution in [1.29, 1.82) is 0 Å². The molecule has 0 N–H and O–H groups in total. The molecule has 1 atom stereocenters. The average Bonchev–Trinajstić information content (AvgIpc) is 3.39. The van der Waals surface area contributed by atoms with Crippen LogP contribution in [0, 0.1) is 0 Å². The maximum absolute atomic E-state index is 13.7. The number of rotatable bonds is 7. The highest BCUT2D eigenvalue weighted by atomic mass is 32.2. The number of likely N-dealkylation sites (tertiary alicyclic amines) is 1. The summed E-state index contributed by atoms with van der Waals surface area (Å²) in [6.07, 6.45) is 6.48. The molecule has 4 rings (SSSR count). The second-order valence-corrected chi connectivity index (χ2v) is 9.34. The van der Waals surface area contributed by atoms with Gasteiger partial charge in [-0.3, -0.25) is 9.88 Å². The van der Waals surface area contributed by atoms with E-state index in [9.17, 15) is 8.42 Å². The van der Waals surface area contributed by atoms with Crippen molar-refractivity contribution in [2.45, 2.75) is 23.9 Å². The fourth-order valence-corrected chi connectivity index (χ4v) is 6.16. The number of aromatic nitrogens is 2. The van der Waals surface area contributed by atoms with Gasteiger partial charge in [-0.1, -0.05) is 6.07 Å². The first-order valence-electron chi connectivity index (χ1n) is 9.12. The third kappa shape index (κ3) is 3.62. The van der Waals surface area contributed by atoms with Gasteiger partial charge in [-0.25, -0.2) is 17.7 Å². The molecule has 1 aromatic carbocycles. The van der Waals surface area contributed by atoms with Gasteiger partial charge in [0.15, 0.2) is 0 Å². The highest BCUT2D eigenvalue weighted by Gasteiger charge is 2.39. The van der Waals surface area contributed by atoms with Crippen molar-refractivity contribution in [3.8, 4) is 0 Å². The molecule has 1 aliphatic heterocycles. The first-order valence-corrected chi connectivity index (χ1v) is 11.4. The monoisotopic (exact) mass is 418 g/mol. The molecule has 0 amide bonds. The zero-order valence-electron chi connectivity index (χ0n) is 15.6. The minimum atomic E-state index is -3.78. The Bertz CT molecular complexity index is 1040. The summed E-state index contributed by atoms with van der Waals surface area (Å²) < 4.78 is 34.1. The summed E-state index contributed by atoms with van der Waals surface area (Å²) in [5.41, 5.74) is 0. The molecule has 9 heteroatoms. The Hall–Kier alpha value is -2.07. The number of anilines is 1. The van der Waals surface area contributed by atoms with Crippen LogP contribution in [0.1, 0.15) is 12.8 Å². The molecule has 148 valence electrons. The van der Waals surface area contributed by atoms with Crippen molar-refractivity contribution in [2.75, 3.05) is 31.1 Å². The largest absolute Gasteiger partial charge is 0.383 e. The molecular formula is C19H22N4O3S2. The Morgan fingerprint density at radius 1 is 1.29 bits per heavy atom. The van der Waals surface area contributed by atoms with Crippen molar-refractivity contribution in [3.05, 3.63) is 48.2 Å². The molecule has 0 aliphatic carbocycles. The number of nitrogens with zero attached hydrogens (tertiary/aromatic N) is 4. The number of ether oxygens (including phenoxy) is 1. The molecule has 1 unspecified atom stereocenters. The van der Waals surface area contributed by atoms with E-state index >= 15 is 0 Å². The fourth-order valence-electron chi connectivity index (χ4n) is 3.59. The van der Waals surface area contributed by atoms with Gasteiger partial charge in [0.2, 0.25) is 5.13 Å². The summed E-state index contributed by atoms with van der Waals surface area (Å²) in [4.78, 5) is 10.8. The molecule has 3 aromatic rings. The SMILES string of the molecule is COCCN1CCCC1N(c1nccs1)S(=O)(=O)c1ccc2cnccc2c1. The van der Waals surface area contributed by atoms with E-state index in [4.69, 9.17) is 4.74 Å². The molecule has 1 fully saturated rings. The zero-order valence-corrected chi connectivity index (χ0v) is 17.2. The summed E-state index contributed by atoms with van der Waals surface area (Å²) in [5, 5.41) is 4.05. The number of hydrogen-bond acceptors (Lipinski definition) is 7. The quantitative estimate of drug-likeness (QED) is 0.587. The minimum absolute atomic E-state index is 0.264. The van der Waals surface area contributed by atoms with Crippen LogP contribution in [0.3, 0.4) is 0 Å². The zero-order chi connectivity index (χ0) is 19.6. The maximum atomic E-state index is 13.7. The maximum Gasteiger partial charge on any atom is 0.267 e. The van der Waals surface area contributed by atoms with Gasteiger partial charge in [-0.2, -0.15) is 0 Å². The van der Waals surface area contributed by atoms with Crippen molar-refractivity contribution in [3.63, 3.8) is 0 Å². The average molecular weight is 419 g/mol. The number of pyridine rings is 1. The van der Waals surface area contributed by atoms with Crippen LogP contribution in [-0.4, -0.2) is 56.3 Å². The normalized spacial score (nSPS) is 18.0. The number of thiazole rings is 1. The van der Waals surface area contributed by atoms with E-state index in [1.54, 1.807) is 49.3 Å². The predicted octanol–water partition coefficient (Wildman–Crippen LogP) is 2.95. The van der Waals surface area contributed by atoms with Crippen LogP contribution in [0.15, 0.2) is 53.1 Å². The Kier molecular flexibility index (Phi) is 5.58. The van der Waals surface area contributed by atoms with Crippen LogP contribution in [0.5, 0.6) is 0 Å². The molecular weight excluding hydrogens is 396 g/mol. The second kappa shape index (κ2) is 8.12. The number of hydrogen-bond donors (Lipinski definition) is 0. The summed E-state index contributed by atoms with van der Waals surface area (Å²) in [7, 11) is -2.12. The van der Waals surface area contributed by atoms with Gasteiger partial charge >= 0.3 is 0 Å². The standard InChI is InChI=1S/C19H22N4O3S2/c1-26-11-10-22-9-2-3-18(22)23(19-21-8-12-27-19)28(24,25)17-5-4-16-14-20-7-6-15(16)13-17/h4-8,12-14,18H,2-3,9-11H2,1H3. The van der Waals surface area contributed by atoms with Crippen LogP contribution < -0.4 is 4.31 Å². The highest BCUT2D eigenvalue weighted by molar-refractivity contribution is 7.93. The number of fused-ring (bicyclic) bond motifs is 1. The van der Waals surface area contributed by atoms with Crippen molar-refractivity contribution >= 4 is 37.3 Å². The molecule has 7 nitrogen and oxygen atoms in total. The van der Waals surface area contributed by atoms with Gasteiger partial charge in [0.05, 0.1) is 11.5 Å². The van der Waals surface area contributed by atoms with Gasteiger partial charge in [-0.05, 0) is 36.4 Å². The molecule has 0 bridgehead atoms. The van der Waals surface area contributed by atoms with Crippen molar-refractivity contribution < 1.29 is 13.2 Å². The molecule has 3 heterocycles. The molecule has 28 heavy (non-hydrogen) atoms. The first-order chi connectivity index (χ1) is 13.6. The lowest BCUT2D eigenvalue weighted by Crippen LogP contribution is -2.48. The lowest BCUT2D eigenvalue weighted by Gasteiger charge is -2.34. The van der Waals surface area contributed by atoms with E-state index in [1.807, 2.05) is 6.07 Å². The third-order valence-corrected chi connectivity index (χ3v) is 7.63. The molecule has 1 saturated heterocycles. The summed E-state index contributed by atoms with van der Waals surface area (Å²) in [5.74, 6) is 0. The predicted molar refractivity (Wildman–Crippen MR) is 110 cm³/mol. The van der Waals surface area contributed by atoms with Gasteiger partial charge in [0, 0.05) is 49.6 Å². The lowest BCUT2D eigenvalue weighted by molar-refractivity contribution is 0.143.